The Balaban J connectivity index is 1.66. The Morgan fingerprint density at radius 3 is 2.45 bits per heavy atom. The maximum atomic E-state index is 14.3. The van der Waals surface area contributed by atoms with E-state index in [1.807, 2.05) is 42.5 Å². The topological polar surface area (TPSA) is 38.8 Å². The standard InChI is InChI=1S/C24H20FNO3/c25-21-11-5-4-10-20(21)24(27)26(14-6-9-18-7-2-1-3-8-18)19-12-13-22-23(17-19)29-16-15-28-22/h1-13,17H,14-16H2/b9-6+. The molecule has 0 spiro atoms. The van der Waals surface area contributed by atoms with Crippen molar-refractivity contribution in [3.05, 3.63) is 95.8 Å². The number of fused-ring (bicyclic) bond motifs is 1. The van der Waals surface area contributed by atoms with E-state index >= 15 is 0 Å². The minimum Gasteiger partial charge on any atom is -0.486 e. The van der Waals surface area contributed by atoms with Gasteiger partial charge in [0.25, 0.3) is 5.91 Å². The number of benzene rings is 3. The lowest BCUT2D eigenvalue weighted by Crippen LogP contribution is -2.32. The van der Waals surface area contributed by atoms with Crippen LogP contribution in [0.4, 0.5) is 10.1 Å². The fraction of sp³-hybridized carbons (Fsp3) is 0.125. The first kappa shape index (κ1) is 18.7. The van der Waals surface area contributed by atoms with E-state index < -0.39 is 11.7 Å². The van der Waals surface area contributed by atoms with Gasteiger partial charge in [-0.05, 0) is 29.8 Å². The molecule has 0 saturated heterocycles. The Bertz CT molecular complexity index is 1030. The second kappa shape index (κ2) is 8.61. The highest BCUT2D eigenvalue weighted by Crippen LogP contribution is 2.34. The first-order chi connectivity index (χ1) is 14.2. The van der Waals surface area contributed by atoms with Crippen LogP contribution >= 0.6 is 0 Å². The van der Waals surface area contributed by atoms with E-state index in [1.54, 1.807) is 30.3 Å². The van der Waals surface area contributed by atoms with Crippen LogP contribution in [-0.4, -0.2) is 25.7 Å². The molecular formula is C24H20FNO3. The molecule has 1 heterocycles. The van der Waals surface area contributed by atoms with E-state index in [9.17, 15) is 9.18 Å². The van der Waals surface area contributed by atoms with Gasteiger partial charge in [0.15, 0.2) is 11.5 Å². The summed E-state index contributed by atoms with van der Waals surface area (Å²) in [5.41, 5.74) is 1.66. The van der Waals surface area contributed by atoms with Gasteiger partial charge < -0.3 is 14.4 Å². The Hall–Kier alpha value is -3.60. The fourth-order valence-electron chi connectivity index (χ4n) is 3.14. The Morgan fingerprint density at radius 1 is 0.931 bits per heavy atom. The quantitative estimate of drug-likeness (QED) is 0.619. The summed E-state index contributed by atoms with van der Waals surface area (Å²) in [5, 5.41) is 0. The fourth-order valence-corrected chi connectivity index (χ4v) is 3.14. The molecular weight excluding hydrogens is 369 g/mol. The van der Waals surface area contributed by atoms with Crippen LogP contribution in [0.15, 0.2) is 78.9 Å². The van der Waals surface area contributed by atoms with Crippen molar-refractivity contribution in [2.45, 2.75) is 0 Å². The summed E-state index contributed by atoms with van der Waals surface area (Å²) in [4.78, 5) is 14.7. The molecule has 4 rings (SSSR count). The molecule has 3 aromatic rings. The molecule has 0 aliphatic carbocycles. The second-order valence-electron chi connectivity index (χ2n) is 6.54. The van der Waals surface area contributed by atoms with Gasteiger partial charge in [0.2, 0.25) is 0 Å². The number of rotatable bonds is 5. The van der Waals surface area contributed by atoms with Gasteiger partial charge in [0, 0.05) is 18.3 Å². The molecule has 0 bridgehead atoms. The molecule has 3 aromatic carbocycles. The van der Waals surface area contributed by atoms with Gasteiger partial charge in [-0.1, -0.05) is 54.6 Å². The number of carbonyl (C=O) groups is 1. The number of hydrogen-bond acceptors (Lipinski definition) is 3. The average Bonchev–Trinajstić information content (AvgIpc) is 2.77. The third-order valence-electron chi connectivity index (χ3n) is 4.58. The third kappa shape index (κ3) is 4.29. The van der Waals surface area contributed by atoms with E-state index in [0.29, 0.717) is 30.4 Å². The van der Waals surface area contributed by atoms with Crippen molar-refractivity contribution < 1.29 is 18.7 Å². The number of amides is 1. The van der Waals surface area contributed by atoms with Crippen LogP contribution in [0, 0.1) is 5.82 Å². The largest absolute Gasteiger partial charge is 0.486 e. The molecule has 1 aliphatic heterocycles. The summed E-state index contributed by atoms with van der Waals surface area (Å²) in [6, 6.07) is 21.1. The predicted octanol–water partition coefficient (Wildman–Crippen LogP) is 4.96. The zero-order valence-electron chi connectivity index (χ0n) is 15.8. The van der Waals surface area contributed by atoms with Gasteiger partial charge in [-0.25, -0.2) is 4.39 Å². The number of carbonyl (C=O) groups excluding carboxylic acids is 1. The SMILES string of the molecule is O=C(c1ccccc1F)N(C/C=C/c1ccccc1)c1ccc2c(c1)OCCO2. The number of ether oxygens (including phenoxy) is 2. The maximum absolute atomic E-state index is 14.3. The van der Waals surface area contributed by atoms with Crippen molar-refractivity contribution in [3.8, 4) is 11.5 Å². The van der Waals surface area contributed by atoms with E-state index in [0.717, 1.165) is 5.56 Å². The van der Waals surface area contributed by atoms with Crippen molar-refractivity contribution in [2.75, 3.05) is 24.7 Å². The molecule has 0 unspecified atom stereocenters. The molecule has 0 fully saturated rings. The number of nitrogens with zero attached hydrogens (tertiary/aromatic N) is 1. The molecule has 5 heteroatoms. The first-order valence-corrected chi connectivity index (χ1v) is 9.40. The molecule has 0 N–H and O–H groups in total. The molecule has 0 atom stereocenters. The van der Waals surface area contributed by atoms with Crippen LogP contribution in [0.1, 0.15) is 15.9 Å². The molecule has 4 nitrogen and oxygen atoms in total. The summed E-state index contributed by atoms with van der Waals surface area (Å²) in [6.07, 6.45) is 3.81. The molecule has 0 saturated carbocycles. The Labute approximate surface area is 168 Å². The van der Waals surface area contributed by atoms with Gasteiger partial charge in [-0.3, -0.25) is 4.79 Å². The van der Waals surface area contributed by atoms with Gasteiger partial charge >= 0.3 is 0 Å². The van der Waals surface area contributed by atoms with E-state index in [2.05, 4.69) is 0 Å². The third-order valence-corrected chi connectivity index (χ3v) is 4.58. The van der Waals surface area contributed by atoms with Crippen molar-refractivity contribution in [2.24, 2.45) is 0 Å². The number of hydrogen-bond donors (Lipinski definition) is 0. The van der Waals surface area contributed by atoms with Crippen molar-refractivity contribution in [1.82, 2.24) is 0 Å². The highest BCUT2D eigenvalue weighted by atomic mass is 19.1. The summed E-state index contributed by atoms with van der Waals surface area (Å²) in [5.74, 6) is 0.245. The zero-order valence-corrected chi connectivity index (χ0v) is 15.8. The highest BCUT2D eigenvalue weighted by molar-refractivity contribution is 6.06. The zero-order chi connectivity index (χ0) is 20.1. The molecule has 0 radical (unpaired) electrons. The van der Waals surface area contributed by atoms with E-state index in [-0.39, 0.29) is 12.1 Å². The van der Waals surface area contributed by atoms with Crippen LogP contribution in [0.2, 0.25) is 0 Å². The normalized spacial score (nSPS) is 12.7. The number of halogens is 1. The maximum Gasteiger partial charge on any atom is 0.261 e. The lowest BCUT2D eigenvalue weighted by molar-refractivity contribution is 0.0985. The summed E-state index contributed by atoms with van der Waals surface area (Å²) in [7, 11) is 0. The highest BCUT2D eigenvalue weighted by Gasteiger charge is 2.22. The minimum atomic E-state index is -0.549. The molecule has 29 heavy (non-hydrogen) atoms. The summed E-state index contributed by atoms with van der Waals surface area (Å²) >= 11 is 0. The smallest absolute Gasteiger partial charge is 0.261 e. The van der Waals surface area contributed by atoms with Crippen LogP contribution in [0.3, 0.4) is 0 Å². The van der Waals surface area contributed by atoms with Crippen molar-refractivity contribution in [1.29, 1.82) is 0 Å². The first-order valence-electron chi connectivity index (χ1n) is 9.40. The van der Waals surface area contributed by atoms with E-state index in [1.165, 1.54) is 17.0 Å². The summed E-state index contributed by atoms with van der Waals surface area (Å²) in [6.45, 7) is 1.22. The Kier molecular flexibility index (Phi) is 5.56. The monoisotopic (exact) mass is 389 g/mol. The Morgan fingerprint density at radius 2 is 1.66 bits per heavy atom. The van der Waals surface area contributed by atoms with Crippen molar-refractivity contribution >= 4 is 17.7 Å². The van der Waals surface area contributed by atoms with Gasteiger partial charge in [-0.15, -0.1) is 0 Å². The molecule has 1 amide bonds. The lowest BCUT2D eigenvalue weighted by atomic mass is 10.1. The lowest BCUT2D eigenvalue weighted by Gasteiger charge is -2.25. The second-order valence-corrected chi connectivity index (χ2v) is 6.54. The van der Waals surface area contributed by atoms with Gasteiger partial charge in [-0.2, -0.15) is 0 Å². The average molecular weight is 389 g/mol. The summed E-state index contributed by atoms with van der Waals surface area (Å²) < 4.78 is 25.5. The van der Waals surface area contributed by atoms with Crippen LogP contribution in [-0.2, 0) is 0 Å². The van der Waals surface area contributed by atoms with Crippen LogP contribution < -0.4 is 14.4 Å². The minimum absolute atomic E-state index is 0.0236. The number of anilines is 1. The van der Waals surface area contributed by atoms with Crippen LogP contribution in [0.25, 0.3) is 6.08 Å². The van der Waals surface area contributed by atoms with E-state index in [4.69, 9.17) is 9.47 Å². The van der Waals surface area contributed by atoms with Gasteiger partial charge in [0.1, 0.15) is 19.0 Å². The molecule has 0 aromatic heterocycles. The van der Waals surface area contributed by atoms with Crippen LogP contribution in [0.5, 0.6) is 11.5 Å². The molecule has 1 aliphatic rings. The molecule has 146 valence electrons. The predicted molar refractivity (Wildman–Crippen MR) is 111 cm³/mol. The van der Waals surface area contributed by atoms with Gasteiger partial charge in [0.05, 0.1) is 5.56 Å². The van der Waals surface area contributed by atoms with Crippen molar-refractivity contribution in [3.63, 3.8) is 0 Å².